The first-order chi connectivity index (χ1) is 5.59. The zero-order valence-corrected chi connectivity index (χ0v) is 8.08. The highest BCUT2D eigenvalue weighted by molar-refractivity contribution is 7.80. The number of rotatable bonds is 1. The van der Waals surface area contributed by atoms with Crippen LogP contribution in [0.1, 0.15) is 5.56 Å². The lowest BCUT2D eigenvalue weighted by Crippen LogP contribution is -2.16. The number of benzene rings is 1. The van der Waals surface area contributed by atoms with Gasteiger partial charge in [-0.25, -0.2) is 0 Å². The van der Waals surface area contributed by atoms with Crippen LogP contribution in [0.15, 0.2) is 18.2 Å². The van der Waals surface area contributed by atoms with Crippen LogP contribution in [0.25, 0.3) is 0 Å². The number of ether oxygens (including phenoxy) is 1. The van der Waals surface area contributed by atoms with Crippen molar-refractivity contribution < 1.29 is 4.74 Å². The minimum Gasteiger partial charge on any atom is -0.432 e. The van der Waals surface area contributed by atoms with Gasteiger partial charge in [-0.1, -0.05) is 11.6 Å². The maximum atomic E-state index is 5.73. The first-order valence-corrected chi connectivity index (χ1v) is 4.11. The molecule has 0 saturated carbocycles. The molecule has 0 aliphatic rings. The van der Waals surface area contributed by atoms with E-state index in [0.29, 0.717) is 10.8 Å². The molecule has 0 aliphatic carbocycles. The van der Waals surface area contributed by atoms with Crippen molar-refractivity contribution in [2.75, 3.05) is 0 Å². The van der Waals surface area contributed by atoms with Crippen LogP contribution in [0.3, 0.4) is 0 Å². The quantitative estimate of drug-likeness (QED) is 0.708. The Balaban J connectivity index is 2.93. The van der Waals surface area contributed by atoms with Gasteiger partial charge in [-0.3, -0.25) is 0 Å². The number of thiocarbonyl (C=S) groups is 1. The van der Waals surface area contributed by atoms with Crippen LogP contribution in [0.4, 0.5) is 0 Å². The summed E-state index contributed by atoms with van der Waals surface area (Å²) in [6.45, 7) is 1.87. The Morgan fingerprint density at radius 1 is 1.58 bits per heavy atom. The Kier molecular flexibility index (Phi) is 2.89. The van der Waals surface area contributed by atoms with Crippen molar-refractivity contribution in [2.24, 2.45) is 5.73 Å². The second-order valence-corrected chi connectivity index (χ2v) is 3.17. The van der Waals surface area contributed by atoms with Crippen LogP contribution in [-0.2, 0) is 0 Å². The Labute approximate surface area is 81.3 Å². The van der Waals surface area contributed by atoms with E-state index in [-0.39, 0.29) is 5.17 Å². The summed E-state index contributed by atoms with van der Waals surface area (Å²) >= 11 is 10.3. The summed E-state index contributed by atoms with van der Waals surface area (Å²) in [5.74, 6) is 0.645. The highest BCUT2D eigenvalue weighted by Crippen LogP contribution is 2.21. The van der Waals surface area contributed by atoms with E-state index in [9.17, 15) is 0 Å². The normalized spacial score (nSPS) is 9.50. The van der Waals surface area contributed by atoms with Crippen LogP contribution in [0, 0.1) is 6.92 Å². The van der Waals surface area contributed by atoms with Gasteiger partial charge in [0, 0.05) is 5.02 Å². The van der Waals surface area contributed by atoms with Crippen molar-refractivity contribution >= 4 is 29.0 Å². The van der Waals surface area contributed by atoms with Crippen molar-refractivity contribution in [3.8, 4) is 5.75 Å². The largest absolute Gasteiger partial charge is 0.432 e. The molecule has 0 atom stereocenters. The van der Waals surface area contributed by atoms with Crippen molar-refractivity contribution in [2.45, 2.75) is 6.92 Å². The fourth-order valence-corrected chi connectivity index (χ4v) is 1.15. The number of hydrogen-bond donors (Lipinski definition) is 1. The van der Waals surface area contributed by atoms with Crippen LogP contribution in [-0.4, -0.2) is 5.17 Å². The summed E-state index contributed by atoms with van der Waals surface area (Å²) in [7, 11) is 0. The molecule has 12 heavy (non-hydrogen) atoms. The predicted octanol–water partition coefficient (Wildman–Crippen LogP) is 2.27. The van der Waals surface area contributed by atoms with Crippen LogP contribution in [0.2, 0.25) is 5.02 Å². The van der Waals surface area contributed by atoms with E-state index in [2.05, 4.69) is 12.2 Å². The van der Waals surface area contributed by atoms with Gasteiger partial charge >= 0.3 is 0 Å². The Morgan fingerprint density at radius 2 is 2.25 bits per heavy atom. The van der Waals surface area contributed by atoms with E-state index < -0.39 is 0 Å². The summed E-state index contributed by atoms with van der Waals surface area (Å²) in [5.41, 5.74) is 6.12. The highest BCUT2D eigenvalue weighted by atomic mass is 35.5. The van der Waals surface area contributed by atoms with Gasteiger partial charge < -0.3 is 10.5 Å². The molecule has 64 valence electrons. The number of aryl methyl sites for hydroxylation is 1. The fraction of sp³-hybridized carbons (Fsp3) is 0.125. The molecule has 0 unspecified atom stereocenters. The smallest absolute Gasteiger partial charge is 0.259 e. The molecule has 1 aromatic rings. The minimum absolute atomic E-state index is 0.0143. The highest BCUT2D eigenvalue weighted by Gasteiger charge is 2.00. The summed E-state index contributed by atoms with van der Waals surface area (Å²) in [6, 6.07) is 5.24. The van der Waals surface area contributed by atoms with Gasteiger partial charge in [0.25, 0.3) is 5.17 Å². The van der Waals surface area contributed by atoms with Crippen LogP contribution in [0.5, 0.6) is 5.75 Å². The third kappa shape index (κ3) is 2.36. The Morgan fingerprint density at radius 3 is 2.75 bits per heavy atom. The molecule has 2 N–H and O–H groups in total. The average Bonchev–Trinajstić information content (AvgIpc) is 1.94. The molecule has 0 aromatic heterocycles. The van der Waals surface area contributed by atoms with E-state index in [4.69, 9.17) is 22.1 Å². The van der Waals surface area contributed by atoms with E-state index in [1.54, 1.807) is 18.2 Å². The molecule has 1 rings (SSSR count). The molecule has 0 amide bonds. The monoisotopic (exact) mass is 201 g/mol. The lowest BCUT2D eigenvalue weighted by Gasteiger charge is -2.05. The maximum Gasteiger partial charge on any atom is 0.259 e. The predicted molar refractivity (Wildman–Crippen MR) is 53.6 cm³/mol. The van der Waals surface area contributed by atoms with Gasteiger partial charge in [-0.05, 0) is 42.9 Å². The van der Waals surface area contributed by atoms with Crippen LogP contribution < -0.4 is 10.5 Å². The molecule has 1 aromatic carbocycles. The zero-order valence-electron chi connectivity index (χ0n) is 6.50. The summed E-state index contributed by atoms with van der Waals surface area (Å²) in [5, 5.41) is 0.684. The molecular weight excluding hydrogens is 194 g/mol. The Bertz CT molecular complexity index is 314. The van der Waals surface area contributed by atoms with Gasteiger partial charge in [0.05, 0.1) is 0 Å². The molecule has 4 heteroatoms. The summed E-state index contributed by atoms with van der Waals surface area (Å²) in [4.78, 5) is 0. The van der Waals surface area contributed by atoms with Gasteiger partial charge in [0.2, 0.25) is 0 Å². The molecule has 0 saturated heterocycles. The molecule has 0 spiro atoms. The third-order valence-corrected chi connectivity index (χ3v) is 1.67. The third-order valence-electron chi connectivity index (χ3n) is 1.35. The van der Waals surface area contributed by atoms with Gasteiger partial charge in [0.15, 0.2) is 0 Å². The van der Waals surface area contributed by atoms with Gasteiger partial charge in [0.1, 0.15) is 5.75 Å². The first-order valence-electron chi connectivity index (χ1n) is 3.33. The molecule has 2 nitrogen and oxygen atoms in total. The standard InChI is InChI=1S/C8H8ClNOS/c1-5-4-6(9)2-3-7(5)11-8(10)12/h2-4H,1H3,(H2,10,12). The van der Waals surface area contributed by atoms with E-state index in [1.807, 2.05) is 6.92 Å². The molecule has 0 heterocycles. The van der Waals surface area contributed by atoms with Crippen molar-refractivity contribution in [3.63, 3.8) is 0 Å². The lowest BCUT2D eigenvalue weighted by molar-refractivity contribution is 0.552. The Hall–Kier alpha value is -0.800. The number of hydrogen-bond acceptors (Lipinski definition) is 2. The fourth-order valence-electron chi connectivity index (χ4n) is 0.836. The van der Waals surface area contributed by atoms with E-state index in [1.165, 1.54) is 0 Å². The van der Waals surface area contributed by atoms with E-state index in [0.717, 1.165) is 5.56 Å². The SMILES string of the molecule is Cc1cc(Cl)ccc1OC(N)=S. The van der Waals surface area contributed by atoms with Crippen molar-refractivity contribution in [3.05, 3.63) is 28.8 Å². The molecule has 0 fully saturated rings. The lowest BCUT2D eigenvalue weighted by atomic mass is 10.2. The summed E-state index contributed by atoms with van der Waals surface area (Å²) in [6.07, 6.45) is 0. The topological polar surface area (TPSA) is 35.2 Å². The van der Waals surface area contributed by atoms with Gasteiger partial charge in [-0.15, -0.1) is 0 Å². The average molecular weight is 202 g/mol. The minimum atomic E-state index is 0.0143. The zero-order chi connectivity index (χ0) is 9.14. The molecule has 0 radical (unpaired) electrons. The summed E-state index contributed by atoms with van der Waals surface area (Å²) < 4.78 is 5.05. The molecule has 0 bridgehead atoms. The van der Waals surface area contributed by atoms with Crippen LogP contribution >= 0.6 is 23.8 Å². The number of halogens is 1. The second-order valence-electron chi connectivity index (χ2n) is 2.33. The first kappa shape index (κ1) is 9.29. The maximum absolute atomic E-state index is 5.73. The number of nitrogens with two attached hydrogens (primary N) is 1. The van der Waals surface area contributed by atoms with Crippen molar-refractivity contribution in [1.82, 2.24) is 0 Å². The van der Waals surface area contributed by atoms with Gasteiger partial charge in [-0.2, -0.15) is 0 Å². The molecular formula is C8H8ClNOS. The van der Waals surface area contributed by atoms with Crippen molar-refractivity contribution in [1.29, 1.82) is 0 Å². The second kappa shape index (κ2) is 3.74. The molecule has 0 aliphatic heterocycles. The van der Waals surface area contributed by atoms with E-state index >= 15 is 0 Å².